The molecule has 0 unspecified atom stereocenters. The number of fused-ring (bicyclic) bond motifs is 1. The molecule has 0 radical (unpaired) electrons. The predicted octanol–water partition coefficient (Wildman–Crippen LogP) is 5.29. The van der Waals surface area contributed by atoms with Crippen LogP contribution in [0.1, 0.15) is 37.6 Å². The highest BCUT2D eigenvalue weighted by molar-refractivity contribution is 5.72. The zero-order chi connectivity index (χ0) is 26.8. The molecule has 3 heterocycles. The molecule has 38 heavy (non-hydrogen) atoms. The molecule has 0 saturated carbocycles. The largest absolute Gasteiger partial charge is 0.486 e. The van der Waals surface area contributed by atoms with Crippen LogP contribution in [0.15, 0.2) is 36.5 Å². The standard InChI is InChI=1S/C29H34F3N5O/c1-4-9-36-12-13-38-29-23(31)16-20(17-26(29)36)28-24(32)18-33-27(34-28)15-19-5-6-25(22(30)14-19)37-10-7-21(8-11-37)35(2)3/h5-6,14,16-18,21H,4,7-13,15H2,1-3H3. The van der Waals surface area contributed by atoms with E-state index in [1.54, 1.807) is 12.1 Å². The van der Waals surface area contributed by atoms with E-state index >= 15 is 4.39 Å². The van der Waals surface area contributed by atoms with Crippen molar-refractivity contribution in [1.82, 2.24) is 14.9 Å². The second-order valence-corrected chi connectivity index (χ2v) is 10.3. The first-order valence-corrected chi connectivity index (χ1v) is 13.3. The molecule has 2 aliphatic heterocycles. The molecule has 0 spiro atoms. The van der Waals surface area contributed by atoms with Gasteiger partial charge in [-0.25, -0.2) is 23.1 Å². The molecule has 0 aliphatic carbocycles. The summed E-state index contributed by atoms with van der Waals surface area (Å²) in [6, 6.07) is 8.64. The maximum absolute atomic E-state index is 15.1. The summed E-state index contributed by atoms with van der Waals surface area (Å²) >= 11 is 0. The first kappa shape index (κ1) is 26.3. The molecular formula is C29H34F3N5O. The molecule has 3 aromatic rings. The van der Waals surface area contributed by atoms with Gasteiger partial charge in [-0.3, -0.25) is 0 Å². The van der Waals surface area contributed by atoms with E-state index in [-0.39, 0.29) is 23.7 Å². The van der Waals surface area contributed by atoms with Crippen molar-refractivity contribution in [1.29, 1.82) is 0 Å². The maximum atomic E-state index is 15.1. The second kappa shape index (κ2) is 11.2. The molecule has 0 bridgehead atoms. The van der Waals surface area contributed by atoms with Crippen molar-refractivity contribution in [2.75, 3.05) is 56.7 Å². The Morgan fingerprint density at radius 1 is 0.974 bits per heavy atom. The first-order chi connectivity index (χ1) is 18.3. The summed E-state index contributed by atoms with van der Waals surface area (Å²) in [4.78, 5) is 14.9. The van der Waals surface area contributed by atoms with Gasteiger partial charge in [-0.2, -0.15) is 0 Å². The number of piperidine rings is 1. The van der Waals surface area contributed by atoms with Crippen LogP contribution >= 0.6 is 0 Å². The summed E-state index contributed by atoms with van der Waals surface area (Å²) in [6.45, 7) is 5.44. The van der Waals surface area contributed by atoms with Crippen molar-refractivity contribution in [2.45, 2.75) is 38.6 Å². The molecule has 0 N–H and O–H groups in total. The van der Waals surface area contributed by atoms with Crippen molar-refractivity contribution < 1.29 is 17.9 Å². The summed E-state index contributed by atoms with van der Waals surface area (Å²) in [7, 11) is 4.16. The third kappa shape index (κ3) is 5.43. The molecule has 1 aromatic heterocycles. The Hall–Kier alpha value is -3.33. The number of aromatic nitrogens is 2. The fraction of sp³-hybridized carbons (Fsp3) is 0.448. The molecule has 0 atom stereocenters. The van der Waals surface area contributed by atoms with Gasteiger partial charge in [-0.15, -0.1) is 0 Å². The smallest absolute Gasteiger partial charge is 0.178 e. The zero-order valence-electron chi connectivity index (χ0n) is 22.2. The molecule has 9 heteroatoms. The number of benzene rings is 2. The van der Waals surface area contributed by atoms with Crippen LogP contribution in [0.3, 0.4) is 0 Å². The van der Waals surface area contributed by atoms with Crippen LogP contribution in [0.2, 0.25) is 0 Å². The molecule has 5 rings (SSSR count). The van der Waals surface area contributed by atoms with Crippen LogP contribution in [0.25, 0.3) is 11.3 Å². The van der Waals surface area contributed by atoms with Crippen LogP contribution in [0, 0.1) is 17.5 Å². The third-order valence-corrected chi connectivity index (χ3v) is 7.44. The van der Waals surface area contributed by atoms with Crippen LogP contribution < -0.4 is 14.5 Å². The predicted molar refractivity (Wildman–Crippen MR) is 144 cm³/mol. The van der Waals surface area contributed by atoms with E-state index < -0.39 is 11.6 Å². The minimum atomic E-state index is -0.644. The van der Waals surface area contributed by atoms with Crippen LogP contribution in [0.4, 0.5) is 24.5 Å². The van der Waals surface area contributed by atoms with Gasteiger partial charge in [0, 0.05) is 37.7 Å². The highest BCUT2D eigenvalue weighted by Crippen LogP contribution is 2.38. The number of ether oxygens (including phenoxy) is 1. The Morgan fingerprint density at radius 2 is 1.76 bits per heavy atom. The average molecular weight is 526 g/mol. The number of halogens is 3. The summed E-state index contributed by atoms with van der Waals surface area (Å²) in [5, 5.41) is 0. The zero-order valence-corrected chi connectivity index (χ0v) is 22.2. The monoisotopic (exact) mass is 525 g/mol. The van der Waals surface area contributed by atoms with Crippen molar-refractivity contribution >= 4 is 11.4 Å². The lowest BCUT2D eigenvalue weighted by atomic mass is 10.0. The molecule has 0 amide bonds. The van der Waals surface area contributed by atoms with Crippen molar-refractivity contribution in [3.8, 4) is 17.0 Å². The fourth-order valence-electron chi connectivity index (χ4n) is 5.39. The van der Waals surface area contributed by atoms with Crippen LogP contribution in [0.5, 0.6) is 5.75 Å². The minimum Gasteiger partial charge on any atom is -0.486 e. The lowest BCUT2D eigenvalue weighted by Crippen LogP contribution is -2.42. The summed E-state index contributed by atoms with van der Waals surface area (Å²) < 4.78 is 50.4. The fourth-order valence-corrected chi connectivity index (χ4v) is 5.39. The average Bonchev–Trinajstić information content (AvgIpc) is 2.90. The lowest BCUT2D eigenvalue weighted by Gasteiger charge is -2.36. The summed E-state index contributed by atoms with van der Waals surface area (Å²) in [5.74, 6) is -0.967. The SMILES string of the molecule is CCCN1CCOc2c(F)cc(-c3nc(Cc4ccc(N5CCC(N(C)C)CC5)c(F)c4)ncc3F)cc21. The molecule has 1 saturated heterocycles. The molecular weight excluding hydrogens is 491 g/mol. The normalized spacial score (nSPS) is 16.1. The Kier molecular flexibility index (Phi) is 7.74. The van der Waals surface area contributed by atoms with E-state index in [0.29, 0.717) is 47.5 Å². The summed E-state index contributed by atoms with van der Waals surface area (Å²) in [6.07, 6.45) is 4.19. The van der Waals surface area contributed by atoms with Crippen molar-refractivity contribution in [3.05, 3.63) is 65.4 Å². The maximum Gasteiger partial charge on any atom is 0.178 e. The van der Waals surface area contributed by atoms with Gasteiger partial charge in [0.2, 0.25) is 0 Å². The van der Waals surface area contributed by atoms with E-state index in [2.05, 4.69) is 33.9 Å². The van der Waals surface area contributed by atoms with Gasteiger partial charge in [0.25, 0.3) is 0 Å². The van der Waals surface area contributed by atoms with Crippen molar-refractivity contribution in [2.24, 2.45) is 0 Å². The van der Waals surface area contributed by atoms with Gasteiger partial charge in [0.1, 0.15) is 23.9 Å². The summed E-state index contributed by atoms with van der Waals surface area (Å²) in [5.41, 5.74) is 2.21. The quantitative estimate of drug-likeness (QED) is 0.418. The van der Waals surface area contributed by atoms with Gasteiger partial charge < -0.3 is 19.4 Å². The van der Waals surface area contributed by atoms with Gasteiger partial charge in [-0.05, 0) is 63.2 Å². The molecule has 2 aliphatic rings. The van der Waals surface area contributed by atoms with Gasteiger partial charge in [0.15, 0.2) is 17.4 Å². The Morgan fingerprint density at radius 3 is 2.47 bits per heavy atom. The second-order valence-electron chi connectivity index (χ2n) is 10.3. The number of rotatable bonds is 7. The van der Waals surface area contributed by atoms with Gasteiger partial charge in [-0.1, -0.05) is 13.0 Å². The number of anilines is 2. The van der Waals surface area contributed by atoms with Crippen LogP contribution in [-0.2, 0) is 6.42 Å². The molecule has 1 fully saturated rings. The molecule has 6 nitrogen and oxygen atoms in total. The van der Waals surface area contributed by atoms with Gasteiger partial charge in [0.05, 0.1) is 24.1 Å². The van der Waals surface area contributed by atoms with E-state index in [4.69, 9.17) is 4.74 Å². The number of hydrogen-bond acceptors (Lipinski definition) is 6. The topological polar surface area (TPSA) is 44.7 Å². The first-order valence-electron chi connectivity index (χ1n) is 13.3. The van der Waals surface area contributed by atoms with E-state index in [0.717, 1.165) is 45.1 Å². The van der Waals surface area contributed by atoms with E-state index in [9.17, 15) is 8.78 Å². The third-order valence-electron chi connectivity index (χ3n) is 7.44. The van der Waals surface area contributed by atoms with Crippen molar-refractivity contribution in [3.63, 3.8) is 0 Å². The minimum absolute atomic E-state index is 0.0135. The Bertz CT molecular complexity index is 1290. The highest BCUT2D eigenvalue weighted by atomic mass is 19.1. The molecule has 2 aromatic carbocycles. The number of hydrogen-bond donors (Lipinski definition) is 0. The van der Waals surface area contributed by atoms with Crippen LogP contribution in [-0.4, -0.2) is 67.8 Å². The Labute approximate surface area is 222 Å². The molecule has 202 valence electrons. The van der Waals surface area contributed by atoms with E-state index in [1.165, 1.54) is 12.1 Å². The number of nitrogens with zero attached hydrogens (tertiary/aromatic N) is 5. The highest BCUT2D eigenvalue weighted by Gasteiger charge is 2.25. The van der Waals surface area contributed by atoms with Gasteiger partial charge >= 0.3 is 0 Å². The lowest BCUT2D eigenvalue weighted by molar-refractivity contribution is 0.249. The Balaban J connectivity index is 1.37. The van der Waals surface area contributed by atoms with E-state index in [1.807, 2.05) is 17.9 Å².